The second-order valence-corrected chi connectivity index (χ2v) is 6.32. The lowest BCUT2D eigenvalue weighted by atomic mass is 9.97. The van der Waals surface area contributed by atoms with Crippen LogP contribution in [0, 0.1) is 5.92 Å². The second kappa shape index (κ2) is 8.38. The highest BCUT2D eigenvalue weighted by molar-refractivity contribution is 5.75. The Morgan fingerprint density at radius 3 is 2.23 bits per heavy atom. The summed E-state index contributed by atoms with van der Waals surface area (Å²) in [6, 6.07) is 17.0. The summed E-state index contributed by atoms with van der Waals surface area (Å²) in [6.45, 7) is 1.38. The first-order valence-corrected chi connectivity index (χ1v) is 8.69. The molecule has 6 heteroatoms. The molecule has 2 aromatic carbocycles. The molecule has 1 fully saturated rings. The minimum Gasteiger partial charge on any atom is -0.481 e. The standard InChI is InChI=1S/C20H22N2O4/c23-19(24)16-10-12-22(13-11-16)20(25)21-14-15-6-8-18(9-7-15)26-17-4-2-1-3-5-17/h1-9,16H,10-14H2,(H,21,25)(H,23,24). The van der Waals surface area contributed by atoms with Gasteiger partial charge in [-0.05, 0) is 42.7 Å². The summed E-state index contributed by atoms with van der Waals surface area (Å²) in [5.41, 5.74) is 0.971. The van der Waals surface area contributed by atoms with Crippen molar-refractivity contribution >= 4 is 12.0 Å². The molecule has 1 heterocycles. The Morgan fingerprint density at radius 2 is 1.62 bits per heavy atom. The smallest absolute Gasteiger partial charge is 0.317 e. The monoisotopic (exact) mass is 354 g/mol. The van der Waals surface area contributed by atoms with E-state index >= 15 is 0 Å². The molecule has 2 aromatic rings. The van der Waals surface area contributed by atoms with Crippen LogP contribution in [0.4, 0.5) is 4.79 Å². The van der Waals surface area contributed by atoms with Gasteiger partial charge in [0.05, 0.1) is 5.92 Å². The number of amides is 2. The molecule has 0 bridgehead atoms. The van der Waals surface area contributed by atoms with Crippen LogP contribution in [-0.4, -0.2) is 35.1 Å². The highest BCUT2D eigenvalue weighted by Gasteiger charge is 2.26. The summed E-state index contributed by atoms with van der Waals surface area (Å²) in [5.74, 6) is 0.402. The maximum absolute atomic E-state index is 12.2. The van der Waals surface area contributed by atoms with Crippen LogP contribution in [-0.2, 0) is 11.3 Å². The van der Waals surface area contributed by atoms with Gasteiger partial charge in [0.25, 0.3) is 0 Å². The second-order valence-electron chi connectivity index (χ2n) is 6.32. The predicted molar refractivity (Wildman–Crippen MR) is 97.1 cm³/mol. The van der Waals surface area contributed by atoms with E-state index in [-0.39, 0.29) is 11.9 Å². The van der Waals surface area contributed by atoms with Gasteiger partial charge in [0.15, 0.2) is 0 Å². The Balaban J connectivity index is 1.46. The summed E-state index contributed by atoms with van der Waals surface area (Å²) < 4.78 is 5.74. The molecule has 0 aromatic heterocycles. The first-order valence-electron chi connectivity index (χ1n) is 8.69. The molecule has 26 heavy (non-hydrogen) atoms. The number of rotatable bonds is 5. The molecule has 2 N–H and O–H groups in total. The fraction of sp³-hybridized carbons (Fsp3) is 0.300. The Labute approximate surface area is 152 Å². The Bertz CT molecular complexity index is 738. The molecule has 0 atom stereocenters. The number of carboxylic acid groups (broad SMARTS) is 1. The largest absolute Gasteiger partial charge is 0.481 e. The fourth-order valence-corrected chi connectivity index (χ4v) is 2.92. The third kappa shape index (κ3) is 4.75. The van der Waals surface area contributed by atoms with Gasteiger partial charge in [-0.3, -0.25) is 4.79 Å². The maximum Gasteiger partial charge on any atom is 0.317 e. The van der Waals surface area contributed by atoms with Crippen molar-refractivity contribution < 1.29 is 19.4 Å². The van der Waals surface area contributed by atoms with Gasteiger partial charge < -0.3 is 20.1 Å². The topological polar surface area (TPSA) is 78.9 Å². The summed E-state index contributed by atoms with van der Waals surface area (Å²) in [4.78, 5) is 24.8. The van der Waals surface area contributed by atoms with Crippen LogP contribution in [0.5, 0.6) is 11.5 Å². The van der Waals surface area contributed by atoms with Crippen LogP contribution in [0.15, 0.2) is 54.6 Å². The number of hydrogen-bond acceptors (Lipinski definition) is 3. The number of para-hydroxylation sites is 1. The first kappa shape index (κ1) is 17.8. The third-order valence-electron chi connectivity index (χ3n) is 4.48. The lowest BCUT2D eigenvalue weighted by molar-refractivity contribution is -0.143. The van der Waals surface area contributed by atoms with E-state index in [0.29, 0.717) is 32.5 Å². The number of nitrogens with one attached hydrogen (secondary N) is 1. The molecule has 1 aliphatic heterocycles. The summed E-state index contributed by atoms with van der Waals surface area (Å²) in [6.07, 6.45) is 1.02. The highest BCUT2D eigenvalue weighted by Crippen LogP contribution is 2.21. The van der Waals surface area contributed by atoms with Crippen molar-refractivity contribution in [2.24, 2.45) is 5.92 Å². The van der Waals surface area contributed by atoms with E-state index in [0.717, 1.165) is 17.1 Å². The molecule has 1 saturated heterocycles. The number of carbonyl (C=O) groups is 2. The van der Waals surface area contributed by atoms with E-state index in [2.05, 4.69) is 5.32 Å². The number of ether oxygens (including phenoxy) is 1. The van der Waals surface area contributed by atoms with E-state index in [1.54, 1.807) is 4.90 Å². The number of nitrogens with zero attached hydrogens (tertiary/aromatic N) is 1. The summed E-state index contributed by atoms with van der Waals surface area (Å²) >= 11 is 0. The number of piperidine rings is 1. The molecule has 6 nitrogen and oxygen atoms in total. The van der Waals surface area contributed by atoms with Crippen LogP contribution in [0.25, 0.3) is 0 Å². The average Bonchev–Trinajstić information content (AvgIpc) is 2.68. The predicted octanol–water partition coefficient (Wildman–Crippen LogP) is 3.49. The summed E-state index contributed by atoms with van der Waals surface area (Å²) in [7, 11) is 0. The molecule has 136 valence electrons. The van der Waals surface area contributed by atoms with Crippen LogP contribution in [0.3, 0.4) is 0 Å². The lowest BCUT2D eigenvalue weighted by Gasteiger charge is -2.30. The van der Waals surface area contributed by atoms with Gasteiger partial charge in [-0.1, -0.05) is 30.3 Å². The number of carbonyl (C=O) groups excluding carboxylic acids is 1. The van der Waals surface area contributed by atoms with Crippen molar-refractivity contribution in [3.63, 3.8) is 0 Å². The van der Waals surface area contributed by atoms with Crippen molar-refractivity contribution in [2.45, 2.75) is 19.4 Å². The minimum absolute atomic E-state index is 0.154. The number of urea groups is 1. The maximum atomic E-state index is 12.2. The fourth-order valence-electron chi connectivity index (χ4n) is 2.92. The number of hydrogen-bond donors (Lipinski definition) is 2. The zero-order chi connectivity index (χ0) is 18.4. The molecule has 0 spiro atoms. The molecule has 0 radical (unpaired) electrons. The van der Waals surface area contributed by atoms with E-state index < -0.39 is 5.97 Å². The van der Waals surface area contributed by atoms with Gasteiger partial charge in [0.2, 0.25) is 0 Å². The Hall–Kier alpha value is -3.02. The zero-order valence-corrected chi connectivity index (χ0v) is 14.4. The van der Waals surface area contributed by atoms with Crippen molar-refractivity contribution in [1.82, 2.24) is 10.2 Å². The molecule has 0 aliphatic carbocycles. The molecule has 2 amide bonds. The van der Waals surface area contributed by atoms with Crippen LogP contribution < -0.4 is 10.1 Å². The highest BCUT2D eigenvalue weighted by atomic mass is 16.5. The number of carboxylic acids is 1. The van der Waals surface area contributed by atoms with Crippen molar-refractivity contribution in [2.75, 3.05) is 13.1 Å². The summed E-state index contributed by atoms with van der Waals surface area (Å²) in [5, 5.41) is 11.9. The van der Waals surface area contributed by atoms with Crippen LogP contribution in [0.2, 0.25) is 0 Å². The molecule has 1 aliphatic rings. The van der Waals surface area contributed by atoms with Crippen LogP contribution >= 0.6 is 0 Å². The van der Waals surface area contributed by atoms with Gasteiger partial charge in [0, 0.05) is 19.6 Å². The molecule has 0 saturated carbocycles. The average molecular weight is 354 g/mol. The Kier molecular flexibility index (Phi) is 5.73. The van der Waals surface area contributed by atoms with Gasteiger partial charge in [0.1, 0.15) is 11.5 Å². The zero-order valence-electron chi connectivity index (χ0n) is 14.4. The van der Waals surface area contributed by atoms with Crippen LogP contribution in [0.1, 0.15) is 18.4 Å². The van der Waals surface area contributed by atoms with Gasteiger partial charge in [-0.15, -0.1) is 0 Å². The van der Waals surface area contributed by atoms with Crippen molar-refractivity contribution in [3.05, 3.63) is 60.2 Å². The van der Waals surface area contributed by atoms with E-state index in [1.165, 1.54) is 0 Å². The lowest BCUT2D eigenvalue weighted by Crippen LogP contribution is -2.45. The van der Waals surface area contributed by atoms with E-state index in [9.17, 15) is 9.59 Å². The molecule has 3 rings (SSSR count). The molecular formula is C20H22N2O4. The van der Waals surface area contributed by atoms with E-state index in [4.69, 9.17) is 9.84 Å². The first-order chi connectivity index (χ1) is 12.6. The third-order valence-corrected chi connectivity index (χ3v) is 4.48. The SMILES string of the molecule is O=C(O)C1CCN(C(=O)NCc2ccc(Oc3ccccc3)cc2)CC1. The van der Waals surface area contributed by atoms with Gasteiger partial charge in [-0.2, -0.15) is 0 Å². The quantitative estimate of drug-likeness (QED) is 0.861. The molecular weight excluding hydrogens is 332 g/mol. The number of benzene rings is 2. The Morgan fingerprint density at radius 1 is 1.00 bits per heavy atom. The van der Waals surface area contributed by atoms with Gasteiger partial charge in [-0.25, -0.2) is 4.79 Å². The molecule has 0 unspecified atom stereocenters. The number of likely N-dealkylation sites (tertiary alicyclic amines) is 1. The number of aliphatic carboxylic acids is 1. The van der Waals surface area contributed by atoms with Crippen molar-refractivity contribution in [1.29, 1.82) is 0 Å². The normalized spacial score (nSPS) is 14.7. The minimum atomic E-state index is -0.775. The van der Waals surface area contributed by atoms with E-state index in [1.807, 2.05) is 54.6 Å². The van der Waals surface area contributed by atoms with Crippen molar-refractivity contribution in [3.8, 4) is 11.5 Å². The van der Waals surface area contributed by atoms with Gasteiger partial charge >= 0.3 is 12.0 Å².